The third-order valence-electron chi connectivity index (χ3n) is 2.38. The summed E-state index contributed by atoms with van der Waals surface area (Å²) in [7, 11) is 0. The van der Waals surface area contributed by atoms with Crippen LogP contribution in [0.4, 0.5) is 0 Å². The number of primary amides is 1. The smallest absolute Gasteiger partial charge is 0.380 e. The summed E-state index contributed by atoms with van der Waals surface area (Å²) in [6, 6.07) is 2.74. The predicted octanol–water partition coefficient (Wildman–Crippen LogP) is -0.236. The zero-order chi connectivity index (χ0) is 15.3. The second kappa shape index (κ2) is 7.13. The van der Waals surface area contributed by atoms with Gasteiger partial charge in [0.2, 0.25) is 5.91 Å². The molecule has 0 aliphatic rings. The van der Waals surface area contributed by atoms with Crippen molar-refractivity contribution in [2.75, 3.05) is 6.61 Å². The van der Waals surface area contributed by atoms with Crippen molar-refractivity contribution < 1.29 is 29.3 Å². The Kier molecular flexibility index (Phi) is 5.81. The van der Waals surface area contributed by atoms with Crippen molar-refractivity contribution in [3.05, 3.63) is 21.9 Å². The number of nitrogens with two attached hydrogens (primary N) is 1. The summed E-state index contributed by atoms with van der Waals surface area (Å²) in [6.07, 6.45) is -3.12. The summed E-state index contributed by atoms with van der Waals surface area (Å²) < 4.78 is 4.57. The molecule has 7 nitrogen and oxygen atoms in total. The number of ketones is 1. The molecule has 0 bridgehead atoms. The van der Waals surface area contributed by atoms with Gasteiger partial charge in [-0.2, -0.15) is 0 Å². The highest BCUT2D eigenvalue weighted by molar-refractivity contribution is 7.14. The lowest BCUT2D eigenvalue weighted by Crippen LogP contribution is -2.25. The first-order chi connectivity index (χ1) is 9.36. The van der Waals surface area contributed by atoms with Gasteiger partial charge in [0, 0.05) is 4.88 Å². The Balaban J connectivity index is 2.78. The normalized spacial score (nSPS) is 13.6. The molecule has 110 valence electrons. The maximum absolute atomic E-state index is 11.6. The van der Waals surface area contributed by atoms with Crippen molar-refractivity contribution >= 4 is 29.0 Å². The van der Waals surface area contributed by atoms with E-state index in [1.807, 2.05) is 0 Å². The number of Topliss-reactive ketones (excluding diaryl/α,β-unsaturated/α-hetero) is 1. The van der Waals surface area contributed by atoms with E-state index in [1.165, 1.54) is 12.1 Å². The van der Waals surface area contributed by atoms with Gasteiger partial charge in [-0.05, 0) is 19.1 Å². The maximum atomic E-state index is 11.6. The number of rotatable bonds is 7. The van der Waals surface area contributed by atoms with Gasteiger partial charge in [-0.3, -0.25) is 9.59 Å². The van der Waals surface area contributed by atoms with E-state index in [-0.39, 0.29) is 16.4 Å². The van der Waals surface area contributed by atoms with E-state index in [1.54, 1.807) is 6.92 Å². The zero-order valence-corrected chi connectivity index (χ0v) is 11.6. The standard InChI is InChI=1S/C12H15NO6S/c1-2-19-12(18)11(17)8-4-3-7(20-8)10(16)6(14)5-9(13)15/h3-4,6,10,14,16H,2,5H2,1H3,(H2,13,15). The molecular weight excluding hydrogens is 286 g/mol. The lowest BCUT2D eigenvalue weighted by molar-refractivity contribution is -0.137. The maximum Gasteiger partial charge on any atom is 0.380 e. The number of aliphatic hydroxyl groups is 2. The van der Waals surface area contributed by atoms with Gasteiger partial charge in [0.15, 0.2) is 0 Å². The van der Waals surface area contributed by atoms with Gasteiger partial charge in [0.25, 0.3) is 5.78 Å². The number of thiophene rings is 1. The molecule has 1 heterocycles. The molecule has 20 heavy (non-hydrogen) atoms. The molecule has 0 aromatic carbocycles. The predicted molar refractivity (Wildman–Crippen MR) is 70.1 cm³/mol. The van der Waals surface area contributed by atoms with Gasteiger partial charge in [0.1, 0.15) is 6.10 Å². The highest BCUT2D eigenvalue weighted by Crippen LogP contribution is 2.27. The van der Waals surface area contributed by atoms with Crippen molar-refractivity contribution in [2.45, 2.75) is 25.6 Å². The van der Waals surface area contributed by atoms with Gasteiger partial charge in [-0.15, -0.1) is 11.3 Å². The molecule has 8 heteroatoms. The summed E-state index contributed by atoms with van der Waals surface area (Å²) >= 11 is 0.846. The first kappa shape index (κ1) is 16.3. The summed E-state index contributed by atoms with van der Waals surface area (Å²) in [5, 5.41) is 19.4. The highest BCUT2D eigenvalue weighted by Gasteiger charge is 2.25. The van der Waals surface area contributed by atoms with E-state index >= 15 is 0 Å². The molecule has 0 radical (unpaired) electrons. The van der Waals surface area contributed by atoms with Crippen LogP contribution in [0.5, 0.6) is 0 Å². The second-order valence-electron chi connectivity index (χ2n) is 3.93. The Hall–Kier alpha value is -1.77. The van der Waals surface area contributed by atoms with Crippen LogP contribution in [0.15, 0.2) is 12.1 Å². The Morgan fingerprint density at radius 1 is 1.35 bits per heavy atom. The number of carbonyl (C=O) groups excluding carboxylic acids is 3. The van der Waals surface area contributed by atoms with Crippen molar-refractivity contribution in [3.63, 3.8) is 0 Å². The van der Waals surface area contributed by atoms with Crippen LogP contribution in [0.1, 0.15) is 34.0 Å². The molecule has 0 spiro atoms. The minimum Gasteiger partial charge on any atom is -0.460 e. The molecule has 2 atom stereocenters. The minimum atomic E-state index is -1.36. The number of ether oxygens (including phenoxy) is 1. The van der Waals surface area contributed by atoms with E-state index in [0.717, 1.165) is 11.3 Å². The van der Waals surface area contributed by atoms with Crippen LogP contribution in [-0.2, 0) is 14.3 Å². The van der Waals surface area contributed by atoms with Crippen molar-refractivity contribution in [1.82, 2.24) is 0 Å². The largest absolute Gasteiger partial charge is 0.460 e. The first-order valence-corrected chi connectivity index (χ1v) is 6.64. The zero-order valence-electron chi connectivity index (χ0n) is 10.7. The van der Waals surface area contributed by atoms with E-state index in [0.29, 0.717) is 0 Å². The average molecular weight is 301 g/mol. The van der Waals surface area contributed by atoms with Gasteiger partial charge in [-0.25, -0.2) is 4.79 Å². The molecule has 1 amide bonds. The number of esters is 1. The van der Waals surface area contributed by atoms with Crippen LogP contribution in [0.2, 0.25) is 0 Å². The fourth-order valence-electron chi connectivity index (χ4n) is 1.44. The lowest BCUT2D eigenvalue weighted by Gasteiger charge is -2.14. The van der Waals surface area contributed by atoms with E-state index < -0.39 is 36.3 Å². The molecule has 0 saturated heterocycles. The Labute approximate surface area is 119 Å². The first-order valence-electron chi connectivity index (χ1n) is 5.82. The Bertz CT molecular complexity index is 512. The number of aliphatic hydroxyl groups excluding tert-OH is 2. The second-order valence-corrected chi connectivity index (χ2v) is 5.05. The molecule has 0 saturated carbocycles. The molecule has 1 rings (SSSR count). The van der Waals surface area contributed by atoms with Gasteiger partial charge < -0.3 is 20.7 Å². The summed E-state index contributed by atoms with van der Waals surface area (Å²) in [6.45, 7) is 1.66. The van der Waals surface area contributed by atoms with E-state index in [9.17, 15) is 24.6 Å². The summed E-state index contributed by atoms with van der Waals surface area (Å²) in [5.41, 5.74) is 4.91. The number of hydrogen-bond donors (Lipinski definition) is 3. The number of hydrogen-bond acceptors (Lipinski definition) is 7. The molecule has 4 N–H and O–H groups in total. The average Bonchev–Trinajstić information content (AvgIpc) is 2.85. The highest BCUT2D eigenvalue weighted by atomic mass is 32.1. The summed E-state index contributed by atoms with van der Waals surface area (Å²) in [5.74, 6) is -2.55. The third-order valence-corrected chi connectivity index (χ3v) is 3.53. The Morgan fingerprint density at radius 2 is 2.00 bits per heavy atom. The van der Waals surface area contributed by atoms with Gasteiger partial charge >= 0.3 is 5.97 Å². The van der Waals surface area contributed by atoms with E-state index in [2.05, 4.69) is 4.74 Å². The SMILES string of the molecule is CCOC(=O)C(=O)c1ccc(C(O)C(O)CC(N)=O)s1. The van der Waals surface area contributed by atoms with Crippen LogP contribution in [-0.4, -0.2) is 40.6 Å². The molecule has 0 aliphatic carbocycles. The quantitative estimate of drug-likeness (QED) is 0.362. The van der Waals surface area contributed by atoms with E-state index in [4.69, 9.17) is 5.73 Å². The summed E-state index contributed by atoms with van der Waals surface area (Å²) in [4.78, 5) is 33.9. The number of amides is 1. The van der Waals surface area contributed by atoms with Gasteiger partial charge in [-0.1, -0.05) is 0 Å². The third kappa shape index (κ3) is 4.12. The van der Waals surface area contributed by atoms with Crippen molar-refractivity contribution in [1.29, 1.82) is 0 Å². The lowest BCUT2D eigenvalue weighted by atomic mass is 10.1. The monoisotopic (exact) mass is 301 g/mol. The molecule has 0 fully saturated rings. The van der Waals surface area contributed by atoms with Crippen molar-refractivity contribution in [3.8, 4) is 0 Å². The molecule has 2 unspecified atom stereocenters. The molecule has 0 aliphatic heterocycles. The molecule has 1 aromatic heterocycles. The molecule has 1 aromatic rings. The number of carbonyl (C=O) groups is 3. The van der Waals surface area contributed by atoms with Crippen LogP contribution in [0.3, 0.4) is 0 Å². The Morgan fingerprint density at radius 3 is 2.55 bits per heavy atom. The topological polar surface area (TPSA) is 127 Å². The van der Waals surface area contributed by atoms with Crippen molar-refractivity contribution in [2.24, 2.45) is 5.73 Å². The minimum absolute atomic E-state index is 0.0861. The molecular formula is C12H15NO6S. The van der Waals surface area contributed by atoms with Crippen LogP contribution in [0, 0.1) is 0 Å². The van der Waals surface area contributed by atoms with Gasteiger partial charge in [0.05, 0.1) is 24.0 Å². The van der Waals surface area contributed by atoms with Crippen LogP contribution in [0.25, 0.3) is 0 Å². The van der Waals surface area contributed by atoms with Crippen LogP contribution >= 0.6 is 11.3 Å². The fourth-order valence-corrected chi connectivity index (χ4v) is 2.42. The fraction of sp³-hybridized carbons (Fsp3) is 0.417. The van der Waals surface area contributed by atoms with Crippen LogP contribution < -0.4 is 5.73 Å².